The van der Waals surface area contributed by atoms with Gasteiger partial charge in [-0.3, -0.25) is 0 Å². The Hall–Kier alpha value is -6.24. The Bertz CT molecular complexity index is 3100. The van der Waals surface area contributed by atoms with E-state index in [1.165, 1.54) is 44.6 Å². The fraction of sp³-hybridized carbons (Fsp3) is 0.355. The molecule has 0 aliphatic carbocycles. The number of aromatic hydroxyl groups is 3. The van der Waals surface area contributed by atoms with Gasteiger partial charge in [0.1, 0.15) is 45.6 Å². The SMILES string of the molecule is C.CC(C)(O)c1ccc(Br)cc1O.CCOC(=O)c1ccc(C(C)(C)OC)c(OC)c1.COC(=O)c1ccc(Br)cc1O.COc1cc(Br)ccc1C(C)(C)OC.COc1cc(C(=O)O)ccc1C(C)(C)OC.O=C(O)c1ccc(Br)cc1O. The van der Waals surface area contributed by atoms with Crippen LogP contribution < -0.4 is 14.2 Å². The zero-order valence-electron chi connectivity index (χ0n) is 49.2. The highest BCUT2D eigenvalue weighted by atomic mass is 79.9. The second kappa shape index (κ2) is 35.9. The van der Waals surface area contributed by atoms with Gasteiger partial charge in [0.15, 0.2) is 0 Å². The lowest BCUT2D eigenvalue weighted by Crippen LogP contribution is -2.20. The molecule has 6 aromatic rings. The maximum Gasteiger partial charge on any atom is 0.341 e. The zero-order valence-corrected chi connectivity index (χ0v) is 55.5. The molecular formula is C62H78Br4O18. The number of phenols is 3. The van der Waals surface area contributed by atoms with E-state index in [0.29, 0.717) is 38.2 Å². The Morgan fingerprint density at radius 3 is 1.10 bits per heavy atom. The Morgan fingerprint density at radius 2 is 0.762 bits per heavy atom. The van der Waals surface area contributed by atoms with E-state index in [-0.39, 0.29) is 52.9 Å². The molecule has 0 aliphatic heterocycles. The number of carbonyl (C=O) groups excluding carboxylic acids is 2. The monoisotopic (exact) mass is 1430 g/mol. The molecule has 0 atom stereocenters. The van der Waals surface area contributed by atoms with Gasteiger partial charge >= 0.3 is 23.9 Å². The minimum atomic E-state index is -1.13. The Morgan fingerprint density at radius 1 is 0.429 bits per heavy atom. The second-order valence-electron chi connectivity index (χ2n) is 19.2. The predicted octanol–water partition coefficient (Wildman–Crippen LogP) is 15.2. The van der Waals surface area contributed by atoms with E-state index >= 15 is 0 Å². The highest BCUT2D eigenvalue weighted by Gasteiger charge is 2.27. The van der Waals surface area contributed by atoms with Crippen LogP contribution in [-0.4, -0.2) is 111 Å². The van der Waals surface area contributed by atoms with Crippen molar-refractivity contribution in [2.24, 2.45) is 0 Å². The third-order valence-electron chi connectivity index (χ3n) is 12.0. The number of hydrogen-bond donors (Lipinski definition) is 6. The minimum absolute atomic E-state index is 0. The standard InChI is InChI=1S/C14H20O4.C12H16O4.C11H15BrO2.C9H11BrO2.C8H7BrO3.C7H5BrO3.CH4/c1-6-18-13(15)10-7-8-11(12(9-10)16-4)14(2,3)17-5;1-12(2,16-4)9-6-5-8(11(13)14)7-10(9)15-3;1-11(2,14-4)9-6-5-8(12)7-10(9)13-3;1-9(2,12)7-4-3-6(10)5-8(7)11;1-12-8(11)6-3-2-5(9)4-7(6)10;8-4-1-2-5(7(10)11)6(9)3-4;/h7-9H,6H2,1-5H3;5-7H,1-4H3,(H,13,14);5-7H,1-4H3;3-5,11-12H,1-2H3;2-4,10H,1H3;1-3,9H,(H,10,11);1H4. The number of phenolic OH excluding ortho intramolecular Hbond substituents is 2. The minimum Gasteiger partial charge on any atom is -0.508 e. The van der Waals surface area contributed by atoms with E-state index in [4.69, 9.17) is 48.5 Å². The van der Waals surface area contributed by atoms with E-state index in [1.807, 2.05) is 65.8 Å². The summed E-state index contributed by atoms with van der Waals surface area (Å²) in [7, 11) is 10.9. The number of benzene rings is 6. The zero-order chi connectivity index (χ0) is 63.8. The summed E-state index contributed by atoms with van der Waals surface area (Å²) in [5.74, 6) is -1.22. The molecule has 22 heteroatoms. The van der Waals surface area contributed by atoms with Gasteiger partial charge in [0.25, 0.3) is 0 Å². The van der Waals surface area contributed by atoms with Crippen LogP contribution in [0.4, 0.5) is 0 Å². The highest BCUT2D eigenvalue weighted by Crippen LogP contribution is 2.36. The molecule has 0 bridgehead atoms. The van der Waals surface area contributed by atoms with E-state index in [1.54, 1.807) is 111 Å². The lowest BCUT2D eigenvalue weighted by atomic mass is 9.95. The molecule has 0 heterocycles. The molecule has 0 fully saturated rings. The van der Waals surface area contributed by atoms with Gasteiger partial charge in [0, 0.05) is 61.5 Å². The molecule has 0 aromatic heterocycles. The number of esters is 2. The summed E-state index contributed by atoms with van der Waals surface area (Å²) in [6.45, 7) is 17.1. The van der Waals surface area contributed by atoms with Crippen molar-refractivity contribution in [2.45, 2.75) is 92.1 Å². The lowest BCUT2D eigenvalue weighted by molar-refractivity contribution is 0.0170. The summed E-state index contributed by atoms with van der Waals surface area (Å²) in [5.41, 5.74) is 1.74. The fourth-order valence-corrected chi connectivity index (χ4v) is 8.23. The van der Waals surface area contributed by atoms with Crippen molar-refractivity contribution in [1.82, 2.24) is 0 Å². The van der Waals surface area contributed by atoms with Crippen molar-refractivity contribution < 1.29 is 87.7 Å². The quantitative estimate of drug-likeness (QED) is 0.0522. The van der Waals surface area contributed by atoms with Gasteiger partial charge in [0.2, 0.25) is 0 Å². The summed E-state index contributed by atoms with van der Waals surface area (Å²) < 4.78 is 44.5. The molecule has 0 amide bonds. The first-order chi connectivity index (χ1) is 38.6. The number of carboxylic acid groups (broad SMARTS) is 2. The van der Waals surface area contributed by atoms with Crippen molar-refractivity contribution in [3.05, 3.63) is 172 Å². The topological polar surface area (TPSA) is 263 Å². The van der Waals surface area contributed by atoms with Crippen LogP contribution in [0, 0.1) is 0 Å². The van der Waals surface area contributed by atoms with Crippen LogP contribution in [0.3, 0.4) is 0 Å². The van der Waals surface area contributed by atoms with E-state index in [2.05, 4.69) is 68.5 Å². The summed E-state index contributed by atoms with van der Waals surface area (Å²) in [5, 5.41) is 54.7. The van der Waals surface area contributed by atoms with Crippen LogP contribution in [0.25, 0.3) is 0 Å². The molecule has 0 radical (unpaired) electrons. The normalized spacial score (nSPS) is 10.7. The number of aliphatic hydroxyl groups is 1. The van der Waals surface area contributed by atoms with Gasteiger partial charge < -0.3 is 68.5 Å². The molecule has 6 N–H and O–H groups in total. The van der Waals surface area contributed by atoms with Gasteiger partial charge in [-0.2, -0.15) is 0 Å². The summed E-state index contributed by atoms with van der Waals surface area (Å²) in [6.07, 6.45) is 0. The van der Waals surface area contributed by atoms with Crippen LogP contribution in [0.1, 0.15) is 133 Å². The number of carboxylic acids is 2. The third-order valence-corrected chi connectivity index (χ3v) is 13.9. The largest absolute Gasteiger partial charge is 0.508 e. The second-order valence-corrected chi connectivity index (χ2v) is 22.8. The van der Waals surface area contributed by atoms with Crippen molar-refractivity contribution >= 4 is 87.6 Å². The van der Waals surface area contributed by atoms with Crippen molar-refractivity contribution in [3.8, 4) is 34.5 Å². The first-order valence-corrected chi connectivity index (χ1v) is 28.0. The van der Waals surface area contributed by atoms with Crippen LogP contribution in [-0.2, 0) is 46.1 Å². The van der Waals surface area contributed by atoms with Crippen LogP contribution in [0.15, 0.2) is 127 Å². The average Bonchev–Trinajstić information content (AvgIpc) is 3.63. The molecule has 462 valence electrons. The molecule has 0 saturated carbocycles. The summed E-state index contributed by atoms with van der Waals surface area (Å²) in [6, 6.07) is 29.8. The molecule has 0 saturated heterocycles. The third kappa shape index (κ3) is 24.4. The lowest BCUT2D eigenvalue weighted by Gasteiger charge is -2.25. The van der Waals surface area contributed by atoms with Gasteiger partial charge in [0.05, 0.1) is 68.6 Å². The number of aromatic carboxylic acids is 2. The van der Waals surface area contributed by atoms with Crippen molar-refractivity contribution in [1.29, 1.82) is 0 Å². The molecule has 84 heavy (non-hydrogen) atoms. The number of carbonyl (C=O) groups is 4. The number of rotatable bonds is 15. The maximum absolute atomic E-state index is 11.6. The first kappa shape index (κ1) is 77.8. The van der Waals surface area contributed by atoms with Crippen LogP contribution in [0.5, 0.6) is 34.5 Å². The predicted molar refractivity (Wildman–Crippen MR) is 337 cm³/mol. The fourth-order valence-electron chi connectivity index (χ4n) is 6.84. The number of methoxy groups -OCH3 is 7. The van der Waals surface area contributed by atoms with Gasteiger partial charge in [-0.05, 0) is 147 Å². The molecule has 18 nitrogen and oxygen atoms in total. The van der Waals surface area contributed by atoms with Gasteiger partial charge in [-0.15, -0.1) is 0 Å². The van der Waals surface area contributed by atoms with Gasteiger partial charge in [-0.25, -0.2) is 19.2 Å². The summed E-state index contributed by atoms with van der Waals surface area (Å²) >= 11 is 12.9. The Balaban J connectivity index is 0.000000989. The summed E-state index contributed by atoms with van der Waals surface area (Å²) in [4.78, 5) is 43.8. The molecule has 6 aromatic carbocycles. The van der Waals surface area contributed by atoms with E-state index in [0.717, 1.165) is 31.4 Å². The van der Waals surface area contributed by atoms with Crippen LogP contribution in [0.2, 0.25) is 0 Å². The Kier molecular flexibility index (Phi) is 33.2. The smallest absolute Gasteiger partial charge is 0.341 e. The molecule has 0 unspecified atom stereocenters. The van der Waals surface area contributed by atoms with Gasteiger partial charge in [-0.1, -0.05) is 95.4 Å². The number of ether oxygens (including phenoxy) is 8. The van der Waals surface area contributed by atoms with E-state index < -0.39 is 34.7 Å². The number of halogens is 4. The molecule has 6 rings (SSSR count). The van der Waals surface area contributed by atoms with Crippen molar-refractivity contribution in [3.63, 3.8) is 0 Å². The number of hydrogen-bond acceptors (Lipinski definition) is 16. The molecule has 0 spiro atoms. The van der Waals surface area contributed by atoms with E-state index in [9.17, 15) is 34.5 Å². The molecule has 0 aliphatic rings. The first-order valence-electron chi connectivity index (χ1n) is 24.8. The molecular weight excluding hydrogens is 1350 g/mol. The Labute approximate surface area is 526 Å². The van der Waals surface area contributed by atoms with Crippen molar-refractivity contribution in [2.75, 3.05) is 56.4 Å². The average molecular weight is 1430 g/mol. The maximum atomic E-state index is 11.6. The van der Waals surface area contributed by atoms with Crippen LogP contribution >= 0.6 is 63.7 Å². The highest BCUT2D eigenvalue weighted by molar-refractivity contribution is 9.11.